The molecule has 0 aliphatic heterocycles. The Balaban J connectivity index is 3.13. The van der Waals surface area contributed by atoms with Crippen molar-refractivity contribution in [1.29, 1.82) is 0 Å². The van der Waals surface area contributed by atoms with Crippen LogP contribution in [0.3, 0.4) is 0 Å². The van der Waals surface area contributed by atoms with Crippen LogP contribution in [0, 0.1) is 3.57 Å². The molecule has 0 heterocycles. The second-order valence-corrected chi connectivity index (χ2v) is 4.95. The van der Waals surface area contributed by atoms with Crippen molar-refractivity contribution < 1.29 is 18.0 Å². The average Bonchev–Trinajstić information content (AvgIpc) is 2.15. The van der Waals surface area contributed by atoms with E-state index in [0.29, 0.717) is 3.57 Å². The maximum atomic E-state index is 12.6. The van der Waals surface area contributed by atoms with Gasteiger partial charge in [0.1, 0.15) is 5.78 Å². The van der Waals surface area contributed by atoms with Gasteiger partial charge in [-0.25, -0.2) is 0 Å². The Bertz CT molecular complexity index is 404. The van der Waals surface area contributed by atoms with E-state index >= 15 is 0 Å². The third kappa shape index (κ3) is 3.73. The predicted octanol–water partition coefficient (Wildman–Crippen LogP) is 3.82. The van der Waals surface area contributed by atoms with Gasteiger partial charge in [0.25, 0.3) is 0 Å². The monoisotopic (exact) mass is 406 g/mol. The fourth-order valence-electron chi connectivity index (χ4n) is 1.24. The lowest BCUT2D eigenvalue weighted by Gasteiger charge is -2.12. The van der Waals surface area contributed by atoms with E-state index in [-0.39, 0.29) is 23.1 Å². The van der Waals surface area contributed by atoms with Gasteiger partial charge in [-0.15, -0.1) is 0 Å². The van der Waals surface area contributed by atoms with Crippen LogP contribution >= 0.6 is 38.5 Å². The van der Waals surface area contributed by atoms with E-state index in [9.17, 15) is 18.0 Å². The Morgan fingerprint density at radius 2 is 2.00 bits per heavy atom. The molecule has 16 heavy (non-hydrogen) atoms. The number of carbonyl (C=O) groups is 1. The maximum Gasteiger partial charge on any atom is 0.416 e. The topological polar surface area (TPSA) is 17.1 Å². The predicted molar refractivity (Wildman–Crippen MR) is 66.7 cm³/mol. The van der Waals surface area contributed by atoms with Crippen LogP contribution in [0.4, 0.5) is 13.2 Å². The minimum absolute atomic E-state index is 0.0313. The summed E-state index contributed by atoms with van der Waals surface area (Å²) in [5.41, 5.74) is -0.703. The SMILES string of the molecule is O=C(CBr)Cc1cc(I)ccc1C(F)(F)F. The summed E-state index contributed by atoms with van der Waals surface area (Å²) >= 11 is 4.85. The van der Waals surface area contributed by atoms with Crippen LogP contribution in [-0.4, -0.2) is 11.1 Å². The lowest BCUT2D eigenvalue weighted by Crippen LogP contribution is -2.13. The summed E-state index contributed by atoms with van der Waals surface area (Å²) in [6, 6.07) is 3.79. The summed E-state index contributed by atoms with van der Waals surface area (Å²) in [5.74, 6) is -0.271. The number of carbonyl (C=O) groups excluding carboxylic acids is 1. The van der Waals surface area contributed by atoms with E-state index in [4.69, 9.17) is 0 Å². The van der Waals surface area contributed by atoms with E-state index in [1.165, 1.54) is 12.1 Å². The summed E-state index contributed by atoms with van der Waals surface area (Å²) in [6.07, 6.45) is -4.61. The Hall–Kier alpha value is -0.110. The van der Waals surface area contributed by atoms with Gasteiger partial charge in [-0.1, -0.05) is 15.9 Å². The molecule has 1 nitrogen and oxygen atoms in total. The molecule has 0 spiro atoms. The molecule has 0 saturated heterocycles. The van der Waals surface area contributed by atoms with Crippen LogP contribution < -0.4 is 0 Å². The van der Waals surface area contributed by atoms with Gasteiger partial charge < -0.3 is 0 Å². The number of hydrogen-bond acceptors (Lipinski definition) is 1. The van der Waals surface area contributed by atoms with Crippen molar-refractivity contribution in [2.75, 3.05) is 5.33 Å². The van der Waals surface area contributed by atoms with Crippen LogP contribution in [0.15, 0.2) is 18.2 Å². The first kappa shape index (κ1) is 14.0. The van der Waals surface area contributed by atoms with Crippen LogP contribution in [0.1, 0.15) is 11.1 Å². The van der Waals surface area contributed by atoms with Crippen LogP contribution in [0.25, 0.3) is 0 Å². The molecular formula is C10H7BrF3IO. The zero-order valence-corrected chi connectivity index (χ0v) is 11.7. The highest BCUT2D eigenvalue weighted by atomic mass is 127. The molecule has 0 bridgehead atoms. The summed E-state index contributed by atoms with van der Waals surface area (Å²) in [5, 5.41) is 0.0652. The third-order valence-corrected chi connectivity index (χ3v) is 3.21. The molecule has 6 heteroatoms. The van der Waals surface area contributed by atoms with Crippen molar-refractivity contribution in [3.63, 3.8) is 0 Å². The first-order valence-electron chi connectivity index (χ1n) is 4.28. The van der Waals surface area contributed by atoms with Gasteiger partial charge in [-0.05, 0) is 46.4 Å². The average molecular weight is 407 g/mol. The second kappa shape index (κ2) is 5.48. The molecule has 0 unspecified atom stereocenters. The first-order chi connectivity index (χ1) is 7.34. The van der Waals surface area contributed by atoms with Crippen molar-refractivity contribution in [2.24, 2.45) is 0 Å². The van der Waals surface area contributed by atoms with Crippen LogP contribution in [0.2, 0.25) is 0 Å². The molecule has 0 fully saturated rings. The van der Waals surface area contributed by atoms with Crippen molar-refractivity contribution in [2.45, 2.75) is 12.6 Å². The molecule has 0 saturated carbocycles. The Kier molecular flexibility index (Phi) is 4.78. The van der Waals surface area contributed by atoms with Gasteiger partial charge in [0.2, 0.25) is 0 Å². The molecule has 0 amide bonds. The molecular weight excluding hydrogens is 400 g/mol. The molecule has 0 aliphatic rings. The van der Waals surface area contributed by atoms with Crippen molar-refractivity contribution >= 4 is 44.3 Å². The molecule has 0 aliphatic carbocycles. The van der Waals surface area contributed by atoms with Crippen molar-refractivity contribution in [3.05, 3.63) is 32.9 Å². The molecule has 1 aromatic rings. The zero-order valence-electron chi connectivity index (χ0n) is 7.94. The molecule has 0 N–H and O–H groups in total. The highest BCUT2D eigenvalue weighted by Crippen LogP contribution is 2.33. The Morgan fingerprint density at radius 3 is 2.50 bits per heavy atom. The normalized spacial score (nSPS) is 11.6. The Labute approximate surface area is 113 Å². The smallest absolute Gasteiger partial charge is 0.298 e. The van der Waals surface area contributed by atoms with Crippen molar-refractivity contribution in [1.82, 2.24) is 0 Å². The highest BCUT2D eigenvalue weighted by molar-refractivity contribution is 14.1. The summed E-state index contributed by atoms with van der Waals surface area (Å²) in [6.45, 7) is 0. The number of Topliss-reactive ketones (excluding diaryl/α,β-unsaturated/α-hetero) is 1. The minimum atomic E-state index is -4.41. The van der Waals surface area contributed by atoms with Crippen LogP contribution in [-0.2, 0) is 17.4 Å². The largest absolute Gasteiger partial charge is 0.416 e. The number of rotatable bonds is 3. The van der Waals surface area contributed by atoms with Gasteiger partial charge in [-0.3, -0.25) is 4.79 Å². The maximum absolute atomic E-state index is 12.6. The summed E-state index contributed by atoms with van der Waals surface area (Å²) in [4.78, 5) is 11.2. The second-order valence-electron chi connectivity index (χ2n) is 3.15. The third-order valence-electron chi connectivity index (χ3n) is 1.91. The molecule has 0 aromatic heterocycles. The number of halogens is 5. The minimum Gasteiger partial charge on any atom is -0.298 e. The number of benzene rings is 1. The standard InChI is InChI=1S/C10H7BrF3IO/c11-5-8(16)4-6-3-7(15)1-2-9(6)10(12,13)14/h1-3H,4-5H2. The summed E-state index contributed by atoms with van der Waals surface area (Å²) < 4.78 is 38.5. The highest BCUT2D eigenvalue weighted by Gasteiger charge is 2.33. The van der Waals surface area contributed by atoms with Crippen LogP contribution in [0.5, 0.6) is 0 Å². The van der Waals surface area contributed by atoms with Gasteiger partial charge in [0, 0.05) is 9.99 Å². The van der Waals surface area contributed by atoms with E-state index in [1.807, 2.05) is 22.6 Å². The van der Waals surface area contributed by atoms with Crippen molar-refractivity contribution in [3.8, 4) is 0 Å². The van der Waals surface area contributed by atoms with E-state index in [1.54, 1.807) is 0 Å². The molecule has 1 rings (SSSR count). The van der Waals surface area contributed by atoms with E-state index in [0.717, 1.165) is 6.07 Å². The van der Waals surface area contributed by atoms with Gasteiger partial charge in [0.05, 0.1) is 10.9 Å². The lowest BCUT2D eigenvalue weighted by atomic mass is 10.0. The van der Waals surface area contributed by atoms with Gasteiger partial charge in [-0.2, -0.15) is 13.2 Å². The number of ketones is 1. The molecule has 0 atom stereocenters. The number of alkyl halides is 4. The Morgan fingerprint density at radius 1 is 1.38 bits per heavy atom. The van der Waals surface area contributed by atoms with E-state index < -0.39 is 11.7 Å². The molecule has 88 valence electrons. The quantitative estimate of drug-likeness (QED) is 0.551. The van der Waals surface area contributed by atoms with Gasteiger partial charge in [0.15, 0.2) is 0 Å². The summed E-state index contributed by atoms with van der Waals surface area (Å²) in [7, 11) is 0. The molecule has 0 radical (unpaired) electrons. The lowest BCUT2D eigenvalue weighted by molar-refractivity contribution is -0.138. The fraction of sp³-hybridized carbons (Fsp3) is 0.300. The van der Waals surface area contributed by atoms with Gasteiger partial charge >= 0.3 is 6.18 Å². The number of hydrogen-bond donors (Lipinski definition) is 0. The molecule has 1 aromatic carbocycles. The fourth-order valence-corrected chi connectivity index (χ4v) is 2.00. The first-order valence-corrected chi connectivity index (χ1v) is 6.48. The van der Waals surface area contributed by atoms with E-state index in [2.05, 4.69) is 15.9 Å². The zero-order chi connectivity index (χ0) is 12.3.